The second kappa shape index (κ2) is 5.13. The fraction of sp³-hybridized carbons (Fsp3) is 0.278. The summed E-state index contributed by atoms with van der Waals surface area (Å²) in [6.07, 6.45) is 6.30. The van der Waals surface area contributed by atoms with Crippen molar-refractivity contribution >= 4 is 11.3 Å². The van der Waals surface area contributed by atoms with Crippen LogP contribution in [0.5, 0.6) is 0 Å². The van der Waals surface area contributed by atoms with Crippen LogP contribution < -0.4 is 4.90 Å². The topological polar surface area (TPSA) is 20.5 Å². The van der Waals surface area contributed by atoms with E-state index in [0.717, 1.165) is 30.7 Å². The third-order valence-electron chi connectivity index (χ3n) is 4.51. The van der Waals surface area contributed by atoms with Gasteiger partial charge in [0.15, 0.2) is 0 Å². The van der Waals surface area contributed by atoms with Crippen LogP contribution >= 0.6 is 0 Å². The van der Waals surface area contributed by atoms with Gasteiger partial charge in [-0.3, -0.25) is 0 Å². The molecule has 0 amide bonds. The maximum absolute atomic E-state index is 13.2. The zero-order valence-corrected chi connectivity index (χ0v) is 12.5. The molecule has 1 aliphatic heterocycles. The number of hydrogen-bond donors (Lipinski definition) is 0. The van der Waals surface area contributed by atoms with Gasteiger partial charge < -0.3 is 9.30 Å². The van der Waals surface area contributed by atoms with Crippen LogP contribution in [0.15, 0.2) is 48.8 Å². The highest BCUT2D eigenvalue weighted by molar-refractivity contribution is 5.55. The first kappa shape index (κ1) is 13.3. The Morgan fingerprint density at radius 1 is 1.14 bits per heavy atom. The molecule has 1 fully saturated rings. The highest BCUT2D eigenvalue weighted by Gasteiger charge is 2.26. The third-order valence-corrected chi connectivity index (χ3v) is 4.51. The second-order valence-electron chi connectivity index (χ2n) is 5.92. The number of nitrogens with zero attached hydrogens (tertiary/aromatic N) is 3. The minimum Gasteiger partial charge on any atom is -0.363 e. The van der Waals surface area contributed by atoms with Crippen molar-refractivity contribution in [2.24, 2.45) is 0 Å². The lowest BCUT2D eigenvalue weighted by molar-refractivity contribution is 0.624. The van der Waals surface area contributed by atoms with Gasteiger partial charge in [0.1, 0.15) is 11.5 Å². The first-order valence-electron chi connectivity index (χ1n) is 7.68. The van der Waals surface area contributed by atoms with E-state index in [2.05, 4.69) is 39.5 Å². The van der Waals surface area contributed by atoms with Crippen molar-refractivity contribution in [1.29, 1.82) is 0 Å². The monoisotopic (exact) mass is 295 g/mol. The van der Waals surface area contributed by atoms with Crippen LogP contribution in [0.2, 0.25) is 0 Å². The molecule has 112 valence electrons. The summed E-state index contributed by atoms with van der Waals surface area (Å²) in [5, 5.41) is 0. The van der Waals surface area contributed by atoms with Crippen LogP contribution in [0.4, 0.5) is 10.1 Å². The van der Waals surface area contributed by atoms with Crippen LogP contribution in [0, 0.1) is 12.7 Å². The van der Waals surface area contributed by atoms with E-state index in [0.29, 0.717) is 6.04 Å². The van der Waals surface area contributed by atoms with Crippen molar-refractivity contribution in [2.75, 3.05) is 11.4 Å². The van der Waals surface area contributed by atoms with Crippen LogP contribution in [0.25, 0.3) is 5.65 Å². The molecule has 2 aromatic heterocycles. The molecule has 1 saturated heterocycles. The molecule has 3 aromatic rings. The SMILES string of the molecule is Cc1cnc2ccc(N3CCCC3c3ccc(F)cc3)cn12. The number of fused-ring (bicyclic) bond motifs is 1. The molecule has 3 heterocycles. The third kappa shape index (κ3) is 2.15. The minimum atomic E-state index is -0.177. The van der Waals surface area contributed by atoms with Gasteiger partial charge >= 0.3 is 0 Å². The summed E-state index contributed by atoms with van der Waals surface area (Å²) in [5.41, 5.74) is 4.48. The zero-order chi connectivity index (χ0) is 15.1. The Labute approximate surface area is 129 Å². The standard InChI is InChI=1S/C18H18FN3/c1-13-11-20-18-9-8-16(12-22(13)18)21-10-2-3-17(21)14-4-6-15(19)7-5-14/h4-9,11-12,17H,2-3,10H2,1H3. The summed E-state index contributed by atoms with van der Waals surface area (Å²) in [5.74, 6) is -0.177. The van der Waals surface area contributed by atoms with Gasteiger partial charge in [0.25, 0.3) is 0 Å². The van der Waals surface area contributed by atoms with Crippen molar-refractivity contribution in [3.8, 4) is 0 Å². The molecule has 0 aliphatic carbocycles. The molecule has 0 spiro atoms. The Morgan fingerprint density at radius 2 is 1.95 bits per heavy atom. The Hall–Kier alpha value is -2.36. The van der Waals surface area contributed by atoms with Crippen molar-refractivity contribution < 1.29 is 4.39 Å². The Balaban J connectivity index is 1.72. The summed E-state index contributed by atoms with van der Waals surface area (Å²) in [7, 11) is 0. The maximum atomic E-state index is 13.2. The van der Waals surface area contributed by atoms with E-state index >= 15 is 0 Å². The molecular formula is C18H18FN3. The first-order valence-corrected chi connectivity index (χ1v) is 7.68. The van der Waals surface area contributed by atoms with Crippen molar-refractivity contribution in [3.63, 3.8) is 0 Å². The molecule has 1 unspecified atom stereocenters. The summed E-state index contributed by atoms with van der Waals surface area (Å²) in [4.78, 5) is 6.78. The van der Waals surface area contributed by atoms with Gasteiger partial charge in [0, 0.05) is 24.6 Å². The maximum Gasteiger partial charge on any atom is 0.137 e. The number of anilines is 1. The van der Waals surface area contributed by atoms with Gasteiger partial charge in [-0.05, 0) is 49.6 Å². The van der Waals surface area contributed by atoms with E-state index in [4.69, 9.17) is 0 Å². The largest absolute Gasteiger partial charge is 0.363 e. The van der Waals surface area contributed by atoms with Gasteiger partial charge in [0.2, 0.25) is 0 Å². The molecule has 0 radical (unpaired) electrons. The fourth-order valence-corrected chi connectivity index (χ4v) is 3.37. The average molecular weight is 295 g/mol. The van der Waals surface area contributed by atoms with E-state index in [9.17, 15) is 4.39 Å². The van der Waals surface area contributed by atoms with Gasteiger partial charge in [-0.1, -0.05) is 12.1 Å². The Bertz CT molecular complexity index is 807. The molecule has 1 aromatic carbocycles. The van der Waals surface area contributed by atoms with E-state index in [-0.39, 0.29) is 5.82 Å². The molecule has 4 heteroatoms. The van der Waals surface area contributed by atoms with E-state index < -0.39 is 0 Å². The molecule has 0 bridgehead atoms. The molecule has 22 heavy (non-hydrogen) atoms. The van der Waals surface area contributed by atoms with E-state index in [1.54, 1.807) is 12.1 Å². The summed E-state index contributed by atoms with van der Waals surface area (Å²) < 4.78 is 15.3. The number of imidazole rings is 1. The Kier molecular flexibility index (Phi) is 3.10. The lowest BCUT2D eigenvalue weighted by atomic mass is 10.0. The van der Waals surface area contributed by atoms with Crippen LogP contribution in [0.3, 0.4) is 0 Å². The molecule has 0 saturated carbocycles. The zero-order valence-electron chi connectivity index (χ0n) is 12.5. The van der Waals surface area contributed by atoms with E-state index in [1.807, 2.05) is 18.3 Å². The summed E-state index contributed by atoms with van der Waals surface area (Å²) >= 11 is 0. The fourth-order valence-electron chi connectivity index (χ4n) is 3.37. The molecular weight excluding hydrogens is 277 g/mol. The smallest absolute Gasteiger partial charge is 0.137 e. The number of hydrogen-bond acceptors (Lipinski definition) is 2. The number of aryl methyl sites for hydroxylation is 1. The van der Waals surface area contributed by atoms with Gasteiger partial charge in [-0.15, -0.1) is 0 Å². The summed E-state index contributed by atoms with van der Waals surface area (Å²) in [6.45, 7) is 3.09. The highest BCUT2D eigenvalue weighted by atomic mass is 19.1. The molecule has 1 atom stereocenters. The first-order chi connectivity index (χ1) is 10.7. The predicted molar refractivity (Wildman–Crippen MR) is 85.7 cm³/mol. The minimum absolute atomic E-state index is 0.177. The predicted octanol–water partition coefficient (Wildman–Crippen LogP) is 4.12. The van der Waals surface area contributed by atoms with Gasteiger partial charge in [0.05, 0.1) is 11.7 Å². The Morgan fingerprint density at radius 3 is 2.77 bits per heavy atom. The highest BCUT2D eigenvalue weighted by Crippen LogP contribution is 2.36. The number of pyridine rings is 1. The lowest BCUT2D eigenvalue weighted by Crippen LogP contribution is -2.22. The van der Waals surface area contributed by atoms with Crippen molar-refractivity contribution in [2.45, 2.75) is 25.8 Å². The normalized spacial score (nSPS) is 18.3. The van der Waals surface area contributed by atoms with Crippen LogP contribution in [-0.2, 0) is 0 Å². The van der Waals surface area contributed by atoms with E-state index in [1.165, 1.54) is 11.3 Å². The van der Waals surface area contributed by atoms with Crippen LogP contribution in [0.1, 0.15) is 30.1 Å². The number of halogens is 1. The summed E-state index contributed by atoms with van der Waals surface area (Å²) in [6, 6.07) is 11.4. The molecule has 1 aliphatic rings. The molecule has 0 N–H and O–H groups in total. The number of benzene rings is 1. The average Bonchev–Trinajstić information content (AvgIpc) is 3.15. The lowest BCUT2D eigenvalue weighted by Gasteiger charge is -2.27. The second-order valence-corrected chi connectivity index (χ2v) is 5.92. The van der Waals surface area contributed by atoms with Crippen molar-refractivity contribution in [1.82, 2.24) is 9.38 Å². The molecule has 3 nitrogen and oxygen atoms in total. The van der Waals surface area contributed by atoms with Gasteiger partial charge in [-0.25, -0.2) is 9.37 Å². The quantitative estimate of drug-likeness (QED) is 0.709. The van der Waals surface area contributed by atoms with Crippen LogP contribution in [-0.4, -0.2) is 15.9 Å². The molecule has 4 rings (SSSR count). The van der Waals surface area contributed by atoms with Gasteiger partial charge in [-0.2, -0.15) is 0 Å². The number of rotatable bonds is 2. The van der Waals surface area contributed by atoms with Crippen molar-refractivity contribution in [3.05, 3.63) is 65.9 Å². The number of aromatic nitrogens is 2.